The van der Waals surface area contributed by atoms with E-state index in [1.165, 1.54) is 77.0 Å². The number of carbonyl (C=O) groups is 4. The van der Waals surface area contributed by atoms with Crippen molar-refractivity contribution < 1.29 is 19.2 Å². The molecule has 0 saturated heterocycles. The maximum absolute atomic E-state index is 13.1. The lowest BCUT2D eigenvalue weighted by Crippen LogP contribution is -2.55. The summed E-state index contributed by atoms with van der Waals surface area (Å²) in [4.78, 5) is 55.6. The van der Waals surface area contributed by atoms with Gasteiger partial charge in [0.15, 0.2) is 0 Å². The van der Waals surface area contributed by atoms with Crippen molar-refractivity contribution in [1.82, 2.24) is 9.80 Å². The van der Waals surface area contributed by atoms with E-state index in [9.17, 15) is 19.2 Å². The Morgan fingerprint density at radius 1 is 0.453 bits per heavy atom. The molecule has 6 heteroatoms. The van der Waals surface area contributed by atoms with Gasteiger partial charge in [0.25, 0.3) is 23.6 Å². The minimum atomic E-state index is -0.0637. The van der Waals surface area contributed by atoms with Gasteiger partial charge in [-0.2, -0.15) is 0 Å². The highest BCUT2D eigenvalue weighted by Crippen LogP contribution is 2.69. The molecule has 2 aromatic carbocycles. The number of amides is 4. The minimum absolute atomic E-state index is 0.0637. The van der Waals surface area contributed by atoms with Crippen molar-refractivity contribution in [3.63, 3.8) is 0 Å². The predicted octanol–water partition coefficient (Wildman–Crippen LogP) is 13.3. The quantitative estimate of drug-likeness (QED) is 0.223. The van der Waals surface area contributed by atoms with E-state index in [2.05, 4.69) is 53.7 Å². The molecule has 0 unspecified atom stereocenters. The van der Waals surface area contributed by atoms with Gasteiger partial charge < -0.3 is 0 Å². The van der Waals surface area contributed by atoms with E-state index in [-0.39, 0.29) is 35.7 Å². The Morgan fingerprint density at radius 3 is 1.16 bits per heavy atom. The molecule has 0 radical (unpaired) electrons. The molecule has 8 aliphatic carbocycles. The van der Waals surface area contributed by atoms with Crippen molar-refractivity contribution in [2.75, 3.05) is 0 Å². The molecule has 0 N–H and O–H groups in total. The average molecular weight is 863 g/mol. The molecule has 4 amide bonds. The van der Waals surface area contributed by atoms with E-state index in [0.29, 0.717) is 55.7 Å². The topological polar surface area (TPSA) is 74.8 Å². The van der Waals surface area contributed by atoms with Crippen molar-refractivity contribution >= 4 is 23.6 Å². The standard InChI is InChI=1S/2C29H37NO2/c2*1-4-18-10-12-24-23-11-9-19-17-20(13-15-29(19,3)25(23)14-16-28(18,24)2)30-26(31)21-7-5-6-8-22(21)27(30)32/h2*4-8,19-20,23-25H,9-17H2,1-3H3/b2*18-4-/t2*19-,20+,23-,24-,25-,28+,29-/m00/s1. The Balaban J connectivity index is 0.000000143. The number of benzene rings is 2. The first-order valence-electron chi connectivity index (χ1n) is 26.0. The van der Waals surface area contributed by atoms with E-state index in [0.717, 1.165) is 74.0 Å². The number of hydrogen-bond donors (Lipinski definition) is 0. The SMILES string of the molecule is C/C=C1/CC[C@H]2[C@@H]3CC[C@H]4C[C@H](N5C(=O)c6ccccc6C5=O)CC[C@]4(C)[C@H]3CC[C@]12C.C/C=C1/CC[C@H]2[C@@H]3CC[C@H]4C[C@H](N5C(=O)c6ccccc6C5=O)CC[C@]4(C)[C@H]3CC[C@]12C. The highest BCUT2D eigenvalue weighted by molar-refractivity contribution is 6.22. The van der Waals surface area contributed by atoms with Gasteiger partial charge in [-0.1, -0.05) is 75.3 Å². The minimum Gasteiger partial charge on any atom is -0.271 e. The van der Waals surface area contributed by atoms with E-state index >= 15 is 0 Å². The van der Waals surface area contributed by atoms with Gasteiger partial charge in [-0.15, -0.1) is 0 Å². The van der Waals surface area contributed by atoms with Gasteiger partial charge in [0.05, 0.1) is 22.3 Å². The molecule has 0 bridgehead atoms. The number of fused-ring (bicyclic) bond motifs is 12. The van der Waals surface area contributed by atoms with Crippen LogP contribution in [-0.2, 0) is 0 Å². The zero-order chi connectivity index (χ0) is 44.5. The molecule has 12 rings (SSSR count). The number of nitrogens with zero attached hydrogens (tertiary/aromatic N) is 2. The summed E-state index contributed by atoms with van der Waals surface area (Å²) in [7, 11) is 0. The fourth-order valence-electron chi connectivity index (χ4n) is 18.7. The first kappa shape index (κ1) is 42.8. The van der Waals surface area contributed by atoms with Crippen molar-refractivity contribution in [3.8, 4) is 0 Å². The lowest BCUT2D eigenvalue weighted by molar-refractivity contribution is -0.106. The summed E-state index contributed by atoms with van der Waals surface area (Å²) in [5.74, 6) is 6.11. The first-order chi connectivity index (χ1) is 30.8. The van der Waals surface area contributed by atoms with Crippen LogP contribution >= 0.6 is 0 Å². The normalized spacial score (nSPS) is 44.3. The summed E-state index contributed by atoms with van der Waals surface area (Å²) in [5.41, 5.74) is 7.47. The maximum atomic E-state index is 13.1. The van der Waals surface area contributed by atoms with E-state index in [1.807, 2.05) is 48.5 Å². The molecule has 6 nitrogen and oxygen atoms in total. The third kappa shape index (κ3) is 6.00. The van der Waals surface area contributed by atoms with Crippen LogP contribution in [0.4, 0.5) is 0 Å². The number of hydrogen-bond acceptors (Lipinski definition) is 4. The van der Waals surface area contributed by atoms with Gasteiger partial charge in [0.2, 0.25) is 0 Å². The third-order valence-electron chi connectivity index (χ3n) is 22.1. The molecule has 340 valence electrons. The van der Waals surface area contributed by atoms with Crippen LogP contribution < -0.4 is 0 Å². The summed E-state index contributed by atoms with van der Waals surface area (Å²) in [6.07, 6.45) is 27.2. The lowest BCUT2D eigenvalue weighted by atomic mass is 9.45. The summed E-state index contributed by atoms with van der Waals surface area (Å²) >= 11 is 0. The van der Waals surface area contributed by atoms with Crippen LogP contribution in [0.5, 0.6) is 0 Å². The Hall–Kier alpha value is -3.80. The second-order valence-electron chi connectivity index (χ2n) is 23.8. The summed E-state index contributed by atoms with van der Waals surface area (Å²) in [6, 6.07) is 14.9. The van der Waals surface area contributed by atoms with Crippen molar-refractivity contribution in [1.29, 1.82) is 0 Å². The monoisotopic (exact) mass is 863 g/mol. The molecule has 0 spiro atoms. The van der Waals surface area contributed by atoms with Gasteiger partial charge in [0.1, 0.15) is 0 Å². The van der Waals surface area contributed by atoms with Crippen molar-refractivity contribution in [3.05, 3.63) is 94.1 Å². The van der Waals surface area contributed by atoms with Gasteiger partial charge in [-0.25, -0.2) is 0 Å². The first-order valence-corrected chi connectivity index (χ1v) is 26.0. The zero-order valence-corrected chi connectivity index (χ0v) is 39.8. The van der Waals surface area contributed by atoms with Crippen LogP contribution in [-0.4, -0.2) is 45.5 Å². The molecule has 14 atom stereocenters. The molecular formula is C58H74N2O4. The fourth-order valence-corrected chi connectivity index (χ4v) is 18.7. The van der Waals surface area contributed by atoms with E-state index in [1.54, 1.807) is 20.9 Å². The molecular weight excluding hydrogens is 789 g/mol. The lowest BCUT2D eigenvalue weighted by Gasteiger charge is -2.61. The molecule has 8 saturated carbocycles. The number of allylic oxidation sites excluding steroid dienone is 4. The van der Waals surface area contributed by atoms with Gasteiger partial charge in [-0.05, 0) is 223 Å². The fraction of sp³-hybridized carbons (Fsp3) is 0.655. The Bertz CT molecular complexity index is 2110. The zero-order valence-electron chi connectivity index (χ0n) is 39.8. The Kier molecular flexibility index (Phi) is 10.3. The summed E-state index contributed by atoms with van der Waals surface area (Å²) in [6.45, 7) is 14.7. The number of imide groups is 2. The molecule has 2 aliphatic heterocycles. The third-order valence-corrected chi connectivity index (χ3v) is 22.1. The number of carbonyl (C=O) groups excluding carboxylic acids is 4. The van der Waals surface area contributed by atoms with Crippen LogP contribution in [0.3, 0.4) is 0 Å². The van der Waals surface area contributed by atoms with Crippen LogP contribution in [0.25, 0.3) is 0 Å². The number of rotatable bonds is 2. The van der Waals surface area contributed by atoms with Gasteiger partial charge >= 0.3 is 0 Å². The van der Waals surface area contributed by atoms with Crippen molar-refractivity contribution in [2.24, 2.45) is 69.0 Å². The smallest absolute Gasteiger partial charge is 0.261 e. The molecule has 8 fully saturated rings. The molecule has 10 aliphatic rings. The second kappa shape index (κ2) is 15.4. The van der Waals surface area contributed by atoms with Crippen LogP contribution in [0.15, 0.2) is 71.8 Å². The van der Waals surface area contributed by atoms with Crippen LogP contribution in [0.2, 0.25) is 0 Å². The van der Waals surface area contributed by atoms with Gasteiger partial charge in [0, 0.05) is 12.1 Å². The molecule has 2 aromatic rings. The molecule has 2 heterocycles. The van der Waals surface area contributed by atoms with E-state index < -0.39 is 0 Å². The Morgan fingerprint density at radius 2 is 0.812 bits per heavy atom. The maximum Gasteiger partial charge on any atom is 0.261 e. The largest absolute Gasteiger partial charge is 0.271 e. The Labute approximate surface area is 383 Å². The highest BCUT2D eigenvalue weighted by Gasteiger charge is 2.61. The predicted molar refractivity (Wildman–Crippen MR) is 252 cm³/mol. The van der Waals surface area contributed by atoms with Crippen LogP contribution in [0, 0.1) is 69.0 Å². The molecule has 64 heavy (non-hydrogen) atoms. The average Bonchev–Trinajstić information content (AvgIpc) is 3.99. The van der Waals surface area contributed by atoms with E-state index in [4.69, 9.17) is 0 Å². The van der Waals surface area contributed by atoms with Crippen LogP contribution in [0.1, 0.15) is 199 Å². The summed E-state index contributed by atoms with van der Waals surface area (Å²) < 4.78 is 0. The highest BCUT2D eigenvalue weighted by atomic mass is 16.2. The summed E-state index contributed by atoms with van der Waals surface area (Å²) in [5, 5.41) is 0. The van der Waals surface area contributed by atoms with Gasteiger partial charge in [-0.3, -0.25) is 29.0 Å². The molecule has 0 aromatic heterocycles. The van der Waals surface area contributed by atoms with Crippen molar-refractivity contribution in [2.45, 2.75) is 169 Å². The second-order valence-corrected chi connectivity index (χ2v) is 23.8.